The zero-order chi connectivity index (χ0) is 12.8. The second kappa shape index (κ2) is 6.74. The van der Waals surface area contributed by atoms with Crippen LogP contribution < -0.4 is 5.32 Å². The fraction of sp³-hybridized carbons (Fsp3) is 0.667. The van der Waals surface area contributed by atoms with Crippen molar-refractivity contribution >= 4 is 5.82 Å². The second-order valence-corrected chi connectivity index (χ2v) is 5.21. The SMILES string of the molecule is CC(C)OCCCCNc1ccc2c(n1)CCC2. The van der Waals surface area contributed by atoms with Crippen LogP contribution in [0, 0.1) is 0 Å². The van der Waals surface area contributed by atoms with Crippen LogP contribution in [0.25, 0.3) is 0 Å². The second-order valence-electron chi connectivity index (χ2n) is 5.21. The minimum absolute atomic E-state index is 0.344. The Morgan fingerprint density at radius 2 is 2.17 bits per heavy atom. The molecule has 2 rings (SSSR count). The minimum atomic E-state index is 0.344. The maximum absolute atomic E-state index is 5.51. The van der Waals surface area contributed by atoms with Gasteiger partial charge in [0.2, 0.25) is 0 Å². The van der Waals surface area contributed by atoms with E-state index in [2.05, 4.69) is 36.3 Å². The lowest BCUT2D eigenvalue weighted by atomic mass is 10.2. The number of pyridine rings is 1. The summed E-state index contributed by atoms with van der Waals surface area (Å²) in [6.45, 7) is 5.99. The number of nitrogens with one attached hydrogen (secondary N) is 1. The lowest BCUT2D eigenvalue weighted by Crippen LogP contribution is -2.08. The molecule has 0 saturated carbocycles. The van der Waals surface area contributed by atoms with Gasteiger partial charge in [-0.1, -0.05) is 6.07 Å². The van der Waals surface area contributed by atoms with E-state index < -0.39 is 0 Å². The van der Waals surface area contributed by atoms with Gasteiger partial charge >= 0.3 is 0 Å². The highest BCUT2D eigenvalue weighted by atomic mass is 16.5. The Hall–Kier alpha value is -1.09. The molecule has 0 spiro atoms. The Bertz CT molecular complexity index is 377. The van der Waals surface area contributed by atoms with Crippen LogP contribution in [0.2, 0.25) is 0 Å². The van der Waals surface area contributed by atoms with Crippen molar-refractivity contribution in [1.29, 1.82) is 0 Å². The predicted molar refractivity (Wildman–Crippen MR) is 75.1 cm³/mol. The number of rotatable bonds is 7. The first-order valence-corrected chi connectivity index (χ1v) is 7.10. The van der Waals surface area contributed by atoms with Gasteiger partial charge in [0.25, 0.3) is 0 Å². The fourth-order valence-electron chi connectivity index (χ4n) is 2.28. The minimum Gasteiger partial charge on any atom is -0.379 e. The molecule has 1 aromatic rings. The van der Waals surface area contributed by atoms with Crippen molar-refractivity contribution in [3.63, 3.8) is 0 Å². The van der Waals surface area contributed by atoms with Crippen molar-refractivity contribution < 1.29 is 4.74 Å². The summed E-state index contributed by atoms with van der Waals surface area (Å²) in [4.78, 5) is 4.66. The molecule has 1 aliphatic rings. The van der Waals surface area contributed by atoms with Crippen LogP contribution in [0.5, 0.6) is 0 Å². The molecule has 1 N–H and O–H groups in total. The molecule has 0 amide bonds. The standard InChI is InChI=1S/C15H24N2O/c1-12(2)18-11-4-3-10-16-15-9-8-13-6-5-7-14(13)17-15/h8-9,12H,3-7,10-11H2,1-2H3,(H,16,17). The largest absolute Gasteiger partial charge is 0.379 e. The molecule has 1 heterocycles. The topological polar surface area (TPSA) is 34.1 Å². The third kappa shape index (κ3) is 3.98. The van der Waals surface area contributed by atoms with Gasteiger partial charge in [0.05, 0.1) is 6.10 Å². The van der Waals surface area contributed by atoms with E-state index in [1.54, 1.807) is 0 Å². The summed E-state index contributed by atoms with van der Waals surface area (Å²) in [6, 6.07) is 4.33. The number of unbranched alkanes of at least 4 members (excludes halogenated alkanes) is 1. The first-order valence-electron chi connectivity index (χ1n) is 7.10. The zero-order valence-electron chi connectivity index (χ0n) is 11.5. The van der Waals surface area contributed by atoms with Gasteiger partial charge in [-0.25, -0.2) is 4.98 Å². The average Bonchev–Trinajstić information content (AvgIpc) is 2.80. The van der Waals surface area contributed by atoms with Gasteiger partial charge < -0.3 is 10.1 Å². The van der Waals surface area contributed by atoms with Gasteiger partial charge in [-0.05, 0) is 57.6 Å². The highest BCUT2D eigenvalue weighted by Crippen LogP contribution is 2.21. The molecule has 0 saturated heterocycles. The van der Waals surface area contributed by atoms with Crippen molar-refractivity contribution in [2.75, 3.05) is 18.5 Å². The molecule has 0 fully saturated rings. The average molecular weight is 248 g/mol. The van der Waals surface area contributed by atoms with Crippen molar-refractivity contribution in [1.82, 2.24) is 4.98 Å². The highest BCUT2D eigenvalue weighted by molar-refractivity contribution is 5.40. The van der Waals surface area contributed by atoms with Crippen molar-refractivity contribution in [3.8, 4) is 0 Å². The van der Waals surface area contributed by atoms with E-state index >= 15 is 0 Å². The van der Waals surface area contributed by atoms with Gasteiger partial charge in [-0.2, -0.15) is 0 Å². The van der Waals surface area contributed by atoms with Gasteiger partial charge in [0.1, 0.15) is 5.82 Å². The molecular weight excluding hydrogens is 224 g/mol. The maximum atomic E-state index is 5.51. The summed E-state index contributed by atoms with van der Waals surface area (Å²) < 4.78 is 5.51. The van der Waals surface area contributed by atoms with Crippen LogP contribution in [-0.4, -0.2) is 24.2 Å². The van der Waals surface area contributed by atoms with Gasteiger partial charge in [-0.15, -0.1) is 0 Å². The van der Waals surface area contributed by atoms with Gasteiger partial charge in [-0.3, -0.25) is 0 Å². The molecular formula is C15H24N2O. The number of aryl methyl sites for hydroxylation is 2. The van der Waals surface area contributed by atoms with Gasteiger partial charge in [0, 0.05) is 18.8 Å². The van der Waals surface area contributed by atoms with Crippen molar-refractivity contribution in [3.05, 3.63) is 23.4 Å². The van der Waals surface area contributed by atoms with E-state index in [1.165, 1.54) is 24.1 Å². The van der Waals surface area contributed by atoms with E-state index in [0.717, 1.165) is 38.2 Å². The Morgan fingerprint density at radius 1 is 1.28 bits per heavy atom. The number of anilines is 1. The normalized spacial score (nSPS) is 13.9. The molecule has 0 unspecified atom stereocenters. The summed E-state index contributed by atoms with van der Waals surface area (Å²) in [7, 11) is 0. The Labute approximate surface area is 110 Å². The van der Waals surface area contributed by atoms with Crippen LogP contribution in [0.15, 0.2) is 12.1 Å². The highest BCUT2D eigenvalue weighted by Gasteiger charge is 2.11. The number of hydrogen-bond donors (Lipinski definition) is 1. The third-order valence-corrected chi connectivity index (χ3v) is 3.26. The summed E-state index contributed by atoms with van der Waals surface area (Å²) in [5.74, 6) is 1.03. The fourth-order valence-corrected chi connectivity index (χ4v) is 2.28. The molecule has 0 aliphatic heterocycles. The Balaban J connectivity index is 1.65. The zero-order valence-corrected chi connectivity index (χ0v) is 11.5. The van der Waals surface area contributed by atoms with E-state index in [4.69, 9.17) is 4.74 Å². The molecule has 18 heavy (non-hydrogen) atoms. The quantitative estimate of drug-likeness (QED) is 0.752. The predicted octanol–water partition coefficient (Wildman–Crippen LogP) is 3.19. The third-order valence-electron chi connectivity index (χ3n) is 3.26. The molecule has 0 atom stereocenters. The molecule has 0 bridgehead atoms. The smallest absolute Gasteiger partial charge is 0.126 e. The molecule has 3 nitrogen and oxygen atoms in total. The molecule has 1 aliphatic carbocycles. The van der Waals surface area contributed by atoms with Crippen LogP contribution in [-0.2, 0) is 17.6 Å². The summed E-state index contributed by atoms with van der Waals surface area (Å²) in [6.07, 6.45) is 6.19. The van der Waals surface area contributed by atoms with Crippen molar-refractivity contribution in [2.24, 2.45) is 0 Å². The van der Waals surface area contributed by atoms with Crippen LogP contribution in [0.4, 0.5) is 5.82 Å². The van der Waals surface area contributed by atoms with Crippen LogP contribution in [0.3, 0.4) is 0 Å². The lowest BCUT2D eigenvalue weighted by molar-refractivity contribution is 0.0765. The lowest BCUT2D eigenvalue weighted by Gasteiger charge is -2.09. The number of hydrogen-bond acceptors (Lipinski definition) is 3. The first-order chi connectivity index (χ1) is 8.75. The van der Waals surface area contributed by atoms with E-state index in [-0.39, 0.29) is 0 Å². The van der Waals surface area contributed by atoms with Crippen LogP contribution >= 0.6 is 0 Å². The monoisotopic (exact) mass is 248 g/mol. The maximum Gasteiger partial charge on any atom is 0.126 e. The Kier molecular flexibility index (Phi) is 5.00. The number of ether oxygens (including phenoxy) is 1. The van der Waals surface area contributed by atoms with E-state index in [0.29, 0.717) is 6.10 Å². The van der Waals surface area contributed by atoms with E-state index in [1.807, 2.05) is 0 Å². The van der Waals surface area contributed by atoms with Crippen molar-refractivity contribution in [2.45, 2.75) is 52.1 Å². The number of fused-ring (bicyclic) bond motifs is 1. The van der Waals surface area contributed by atoms with Crippen LogP contribution in [0.1, 0.15) is 44.4 Å². The summed E-state index contributed by atoms with van der Waals surface area (Å²) >= 11 is 0. The Morgan fingerprint density at radius 3 is 3.00 bits per heavy atom. The molecule has 100 valence electrons. The number of nitrogens with zero attached hydrogens (tertiary/aromatic N) is 1. The molecule has 0 radical (unpaired) electrons. The van der Waals surface area contributed by atoms with E-state index in [9.17, 15) is 0 Å². The first kappa shape index (κ1) is 13.3. The molecule has 3 heteroatoms. The summed E-state index contributed by atoms with van der Waals surface area (Å²) in [5.41, 5.74) is 2.73. The molecule has 1 aromatic heterocycles. The molecule has 0 aromatic carbocycles. The van der Waals surface area contributed by atoms with Gasteiger partial charge in [0.15, 0.2) is 0 Å². The number of aromatic nitrogens is 1. The summed E-state index contributed by atoms with van der Waals surface area (Å²) in [5, 5.41) is 3.40.